The van der Waals surface area contributed by atoms with Crippen molar-refractivity contribution in [3.63, 3.8) is 0 Å². The summed E-state index contributed by atoms with van der Waals surface area (Å²) in [6.45, 7) is 5.30. The zero-order valence-corrected chi connectivity index (χ0v) is 19.0. The van der Waals surface area contributed by atoms with Gasteiger partial charge in [0.25, 0.3) is 0 Å². The van der Waals surface area contributed by atoms with Crippen molar-refractivity contribution in [3.8, 4) is 11.1 Å². The third-order valence-corrected chi connectivity index (χ3v) is 5.84. The normalized spacial score (nSPS) is 18.9. The minimum absolute atomic E-state index is 0.0351. The molecule has 0 saturated carbocycles. The highest BCUT2D eigenvalue weighted by Crippen LogP contribution is 2.38. The molecule has 0 aromatic heterocycles. The van der Waals surface area contributed by atoms with Crippen LogP contribution < -0.4 is 5.32 Å². The lowest BCUT2D eigenvalue weighted by Gasteiger charge is -2.22. The van der Waals surface area contributed by atoms with Gasteiger partial charge in [0.2, 0.25) is 0 Å². The highest BCUT2D eigenvalue weighted by Gasteiger charge is 2.41. The van der Waals surface area contributed by atoms with Crippen LogP contribution in [0.2, 0.25) is 0 Å². The minimum atomic E-state index is -1.14. The molecule has 8 nitrogen and oxygen atoms in total. The molecule has 0 unspecified atom stereocenters. The van der Waals surface area contributed by atoms with Gasteiger partial charge in [-0.3, -0.25) is 4.90 Å². The van der Waals surface area contributed by atoms with E-state index in [-0.39, 0.29) is 19.6 Å². The second-order valence-electron chi connectivity index (χ2n) is 9.42. The van der Waals surface area contributed by atoms with Crippen molar-refractivity contribution < 1.29 is 29.0 Å². The van der Waals surface area contributed by atoms with Crippen LogP contribution in [0.4, 0.5) is 9.59 Å². The van der Waals surface area contributed by atoms with Crippen LogP contribution in [0.25, 0.3) is 11.1 Å². The maximum atomic E-state index is 12.8. The summed E-state index contributed by atoms with van der Waals surface area (Å²) in [4.78, 5) is 37.8. The van der Waals surface area contributed by atoms with Crippen molar-refractivity contribution in [1.82, 2.24) is 10.2 Å². The number of benzene rings is 2. The first kappa shape index (κ1) is 22.6. The number of carbonyl (C=O) groups is 3. The van der Waals surface area contributed by atoms with Gasteiger partial charge in [-0.25, -0.2) is 14.4 Å². The van der Waals surface area contributed by atoms with E-state index in [1.54, 1.807) is 20.8 Å². The molecule has 1 aliphatic carbocycles. The van der Waals surface area contributed by atoms with Gasteiger partial charge in [0.1, 0.15) is 18.2 Å². The lowest BCUT2D eigenvalue weighted by molar-refractivity contribution is -0.141. The molecule has 174 valence electrons. The molecule has 0 radical (unpaired) electrons. The van der Waals surface area contributed by atoms with Crippen LogP contribution in [-0.4, -0.2) is 52.4 Å². The van der Waals surface area contributed by atoms with Crippen LogP contribution in [0, 0.1) is 0 Å². The standard InChI is InChI=1S/C25H28N2O6/c1-25(2,3)33-23(30)26-17-12-21(22(28)29)27(13-17)24(31)32-14-16-8-6-10-19-18-9-5-4-7-15(18)11-20(16)19/h4-10,17,21H,11-14H2,1-3H3,(H,26,30)(H,28,29)/t17-,21+/m0/s1. The zero-order valence-electron chi connectivity index (χ0n) is 19.0. The number of hydrogen-bond acceptors (Lipinski definition) is 5. The van der Waals surface area contributed by atoms with E-state index < -0.39 is 35.8 Å². The first-order valence-corrected chi connectivity index (χ1v) is 11.0. The summed E-state index contributed by atoms with van der Waals surface area (Å²) in [6, 6.07) is 12.5. The number of carboxylic acid groups (broad SMARTS) is 1. The van der Waals surface area contributed by atoms with E-state index in [0.717, 1.165) is 28.0 Å². The molecule has 33 heavy (non-hydrogen) atoms. The largest absolute Gasteiger partial charge is 0.480 e. The van der Waals surface area contributed by atoms with Gasteiger partial charge in [-0.15, -0.1) is 0 Å². The van der Waals surface area contributed by atoms with Crippen LogP contribution in [0.15, 0.2) is 42.5 Å². The average Bonchev–Trinajstić information content (AvgIpc) is 3.32. The molecule has 0 spiro atoms. The molecule has 1 heterocycles. The van der Waals surface area contributed by atoms with Gasteiger partial charge in [-0.05, 0) is 55.0 Å². The molecule has 2 aliphatic rings. The molecule has 8 heteroatoms. The summed E-state index contributed by atoms with van der Waals surface area (Å²) in [6.07, 6.45) is -0.516. The Labute approximate surface area is 192 Å². The minimum Gasteiger partial charge on any atom is -0.480 e. The number of likely N-dealkylation sites (tertiary alicyclic amines) is 1. The van der Waals surface area contributed by atoms with Crippen LogP contribution in [0.5, 0.6) is 0 Å². The Morgan fingerprint density at radius 3 is 2.55 bits per heavy atom. The fourth-order valence-corrected chi connectivity index (χ4v) is 4.43. The van der Waals surface area contributed by atoms with Gasteiger partial charge in [0.15, 0.2) is 0 Å². The number of fused-ring (bicyclic) bond motifs is 3. The Balaban J connectivity index is 1.41. The Hall–Kier alpha value is -3.55. The number of hydrogen-bond donors (Lipinski definition) is 2. The lowest BCUT2D eigenvalue weighted by atomic mass is 10.0. The smallest absolute Gasteiger partial charge is 0.410 e. The van der Waals surface area contributed by atoms with Crippen LogP contribution in [0.3, 0.4) is 0 Å². The van der Waals surface area contributed by atoms with Gasteiger partial charge < -0.3 is 19.9 Å². The summed E-state index contributed by atoms with van der Waals surface area (Å²) in [5, 5.41) is 12.2. The van der Waals surface area contributed by atoms with E-state index in [9.17, 15) is 19.5 Å². The summed E-state index contributed by atoms with van der Waals surface area (Å²) in [5.41, 5.74) is 4.88. The second kappa shape index (κ2) is 8.77. The highest BCUT2D eigenvalue weighted by molar-refractivity contribution is 5.82. The van der Waals surface area contributed by atoms with Crippen LogP contribution >= 0.6 is 0 Å². The molecule has 1 aliphatic heterocycles. The molecular formula is C25H28N2O6. The van der Waals surface area contributed by atoms with E-state index in [2.05, 4.69) is 23.5 Å². The molecule has 1 fully saturated rings. The molecule has 2 N–H and O–H groups in total. The maximum Gasteiger partial charge on any atom is 0.410 e. The molecular weight excluding hydrogens is 424 g/mol. The number of carboxylic acids is 1. The van der Waals surface area contributed by atoms with Crippen molar-refractivity contribution in [1.29, 1.82) is 0 Å². The van der Waals surface area contributed by atoms with Crippen molar-refractivity contribution in [2.24, 2.45) is 0 Å². The zero-order chi connectivity index (χ0) is 23.8. The summed E-state index contributed by atoms with van der Waals surface area (Å²) in [7, 11) is 0. The Morgan fingerprint density at radius 1 is 1.09 bits per heavy atom. The summed E-state index contributed by atoms with van der Waals surface area (Å²) >= 11 is 0. The number of carbonyl (C=O) groups excluding carboxylic acids is 2. The second-order valence-corrected chi connectivity index (χ2v) is 9.42. The Kier molecular flexibility index (Phi) is 6.01. The van der Waals surface area contributed by atoms with Gasteiger partial charge >= 0.3 is 18.2 Å². The fourth-order valence-electron chi connectivity index (χ4n) is 4.43. The maximum absolute atomic E-state index is 12.8. The SMILES string of the molecule is CC(C)(C)OC(=O)N[C@H]1C[C@H](C(=O)O)N(C(=O)OCc2cccc3c2Cc2ccccc2-3)C1. The van der Waals surface area contributed by atoms with Gasteiger partial charge in [0, 0.05) is 13.0 Å². The molecule has 2 atom stereocenters. The van der Waals surface area contributed by atoms with Crippen molar-refractivity contribution in [2.75, 3.05) is 6.54 Å². The van der Waals surface area contributed by atoms with Gasteiger partial charge in [0.05, 0.1) is 6.04 Å². The molecule has 2 aromatic rings. The van der Waals surface area contributed by atoms with Gasteiger partial charge in [-0.1, -0.05) is 42.5 Å². The van der Waals surface area contributed by atoms with E-state index in [1.807, 2.05) is 24.3 Å². The summed E-state index contributed by atoms with van der Waals surface area (Å²) in [5.74, 6) is -1.14. The van der Waals surface area contributed by atoms with E-state index in [4.69, 9.17) is 9.47 Å². The van der Waals surface area contributed by atoms with E-state index in [0.29, 0.717) is 0 Å². The van der Waals surface area contributed by atoms with Crippen molar-refractivity contribution in [3.05, 3.63) is 59.2 Å². The molecule has 4 rings (SSSR count). The number of nitrogens with zero attached hydrogens (tertiary/aromatic N) is 1. The number of alkyl carbamates (subject to hydrolysis) is 1. The number of amides is 2. The van der Waals surface area contributed by atoms with E-state index in [1.165, 1.54) is 11.1 Å². The fraction of sp³-hybridized carbons (Fsp3) is 0.400. The first-order chi connectivity index (χ1) is 15.6. The summed E-state index contributed by atoms with van der Waals surface area (Å²) < 4.78 is 10.8. The van der Waals surface area contributed by atoms with Gasteiger partial charge in [-0.2, -0.15) is 0 Å². The van der Waals surface area contributed by atoms with E-state index >= 15 is 0 Å². The number of rotatable bonds is 4. The topological polar surface area (TPSA) is 105 Å². The monoisotopic (exact) mass is 452 g/mol. The quantitative estimate of drug-likeness (QED) is 0.621. The molecule has 0 bridgehead atoms. The first-order valence-electron chi connectivity index (χ1n) is 11.0. The van der Waals surface area contributed by atoms with Crippen molar-refractivity contribution >= 4 is 18.2 Å². The number of ether oxygens (including phenoxy) is 2. The Morgan fingerprint density at radius 2 is 1.82 bits per heavy atom. The number of nitrogens with one attached hydrogen (secondary N) is 1. The molecule has 2 amide bonds. The number of aliphatic carboxylic acids is 1. The highest BCUT2D eigenvalue weighted by atomic mass is 16.6. The predicted octanol–water partition coefficient (Wildman–Crippen LogP) is 3.95. The van der Waals surface area contributed by atoms with Crippen molar-refractivity contribution in [2.45, 2.75) is 57.9 Å². The lowest BCUT2D eigenvalue weighted by Crippen LogP contribution is -2.42. The predicted molar refractivity (Wildman–Crippen MR) is 121 cm³/mol. The van der Waals surface area contributed by atoms with Crippen LogP contribution in [-0.2, 0) is 27.3 Å². The Bertz CT molecular complexity index is 1090. The third kappa shape index (κ3) is 4.94. The molecule has 2 aromatic carbocycles. The molecule has 1 saturated heterocycles. The third-order valence-electron chi connectivity index (χ3n) is 5.84. The average molecular weight is 453 g/mol. The van der Waals surface area contributed by atoms with Crippen LogP contribution in [0.1, 0.15) is 43.9 Å².